The van der Waals surface area contributed by atoms with E-state index in [9.17, 15) is 0 Å². The smallest absolute Gasteiger partial charge is 0.125 e. The Morgan fingerprint density at radius 2 is 1.83 bits per heavy atom. The third-order valence-electron chi connectivity index (χ3n) is 5.14. The monoisotopic (exact) mass is 409 g/mol. The Bertz CT molecular complexity index is 847. The number of oxime groups is 1. The molecule has 0 aromatic heterocycles. The van der Waals surface area contributed by atoms with Gasteiger partial charge in [0, 0.05) is 12.3 Å². The summed E-state index contributed by atoms with van der Waals surface area (Å²) < 4.78 is 11.9. The van der Waals surface area contributed by atoms with Crippen LogP contribution in [0.5, 0.6) is 11.5 Å². The van der Waals surface area contributed by atoms with Crippen molar-refractivity contribution >= 4 is 5.71 Å². The lowest BCUT2D eigenvalue weighted by Gasteiger charge is -2.15. The number of rotatable bonds is 11. The van der Waals surface area contributed by atoms with Crippen LogP contribution in [0.3, 0.4) is 0 Å². The predicted octanol–water partition coefficient (Wildman–Crippen LogP) is 6.28. The zero-order valence-electron chi connectivity index (χ0n) is 19.2. The van der Waals surface area contributed by atoms with Crippen LogP contribution in [0.1, 0.15) is 49.4 Å². The van der Waals surface area contributed by atoms with Crippen molar-refractivity contribution in [1.29, 1.82) is 0 Å². The lowest BCUT2D eigenvalue weighted by molar-refractivity contribution is 0.211. The average molecular weight is 410 g/mol. The van der Waals surface area contributed by atoms with Crippen LogP contribution in [-0.4, -0.2) is 26.0 Å². The van der Waals surface area contributed by atoms with E-state index >= 15 is 0 Å². The molecule has 2 aromatic rings. The molecule has 4 heteroatoms. The summed E-state index contributed by atoms with van der Waals surface area (Å²) in [6.45, 7) is 11.6. The van der Waals surface area contributed by atoms with E-state index in [4.69, 9.17) is 14.3 Å². The van der Waals surface area contributed by atoms with Gasteiger partial charge >= 0.3 is 0 Å². The highest BCUT2D eigenvalue weighted by Crippen LogP contribution is 2.28. The van der Waals surface area contributed by atoms with Gasteiger partial charge in [-0.05, 0) is 67.6 Å². The van der Waals surface area contributed by atoms with Crippen molar-refractivity contribution in [3.8, 4) is 11.5 Å². The maximum absolute atomic E-state index is 6.14. The Kier molecular flexibility index (Phi) is 9.46. The highest BCUT2D eigenvalue weighted by molar-refractivity contribution is 6.01. The van der Waals surface area contributed by atoms with Gasteiger partial charge in [-0.3, -0.25) is 0 Å². The number of ether oxygens (including phenoxy) is 2. The van der Waals surface area contributed by atoms with Crippen LogP contribution in [-0.2, 0) is 11.3 Å². The molecule has 0 radical (unpaired) electrons. The second-order valence-electron chi connectivity index (χ2n) is 7.53. The normalized spacial score (nSPS) is 12.8. The molecule has 0 N–H and O–H groups in total. The van der Waals surface area contributed by atoms with Crippen molar-refractivity contribution in [2.45, 2.75) is 47.5 Å². The molecular formula is C26H35NO3. The van der Waals surface area contributed by atoms with E-state index in [0.717, 1.165) is 46.7 Å². The molecule has 0 aliphatic rings. The summed E-state index contributed by atoms with van der Waals surface area (Å²) in [6, 6.07) is 12.6. The van der Waals surface area contributed by atoms with Crippen LogP contribution < -0.4 is 9.47 Å². The summed E-state index contributed by atoms with van der Waals surface area (Å²) in [7, 11) is 1.60. The Balaban J connectivity index is 2.04. The number of hydrogen-bond donors (Lipinski definition) is 0. The van der Waals surface area contributed by atoms with Crippen LogP contribution in [0.25, 0.3) is 0 Å². The number of aryl methyl sites for hydroxylation is 2. The van der Waals surface area contributed by atoms with Crippen molar-refractivity contribution in [2.24, 2.45) is 11.1 Å². The van der Waals surface area contributed by atoms with E-state index in [1.54, 1.807) is 7.11 Å². The molecule has 0 aliphatic carbocycles. The van der Waals surface area contributed by atoms with Gasteiger partial charge in [-0.1, -0.05) is 49.4 Å². The lowest BCUT2D eigenvalue weighted by atomic mass is 9.94. The van der Waals surface area contributed by atoms with Crippen molar-refractivity contribution in [3.63, 3.8) is 0 Å². The lowest BCUT2D eigenvalue weighted by Crippen LogP contribution is -2.13. The van der Waals surface area contributed by atoms with Crippen molar-refractivity contribution in [1.82, 2.24) is 0 Å². The second-order valence-corrected chi connectivity index (χ2v) is 7.53. The third-order valence-corrected chi connectivity index (χ3v) is 5.14. The van der Waals surface area contributed by atoms with Gasteiger partial charge in [-0.25, -0.2) is 0 Å². The van der Waals surface area contributed by atoms with Gasteiger partial charge in [0.1, 0.15) is 25.2 Å². The SMILES string of the molecule is C/C=C/COc1cc(C)c(OCCc2cccc(/C(=N/OC)C(C)CC)c2)c(C)c1. The molecule has 1 atom stereocenters. The van der Waals surface area contributed by atoms with Crippen molar-refractivity contribution in [2.75, 3.05) is 20.3 Å². The molecule has 0 aliphatic heterocycles. The van der Waals surface area contributed by atoms with E-state index in [1.807, 2.05) is 31.2 Å². The summed E-state index contributed by atoms with van der Waals surface area (Å²) in [5.41, 5.74) is 5.50. The molecule has 0 fully saturated rings. The Morgan fingerprint density at radius 3 is 2.47 bits per heavy atom. The van der Waals surface area contributed by atoms with E-state index in [0.29, 0.717) is 19.1 Å². The summed E-state index contributed by atoms with van der Waals surface area (Å²) in [6.07, 6.45) is 5.82. The van der Waals surface area contributed by atoms with Crippen LogP contribution >= 0.6 is 0 Å². The van der Waals surface area contributed by atoms with E-state index in [-0.39, 0.29) is 0 Å². The summed E-state index contributed by atoms with van der Waals surface area (Å²) in [5.74, 6) is 2.15. The molecule has 2 aromatic carbocycles. The summed E-state index contributed by atoms with van der Waals surface area (Å²) in [4.78, 5) is 5.08. The second kappa shape index (κ2) is 12.1. The average Bonchev–Trinajstić information content (AvgIpc) is 2.74. The van der Waals surface area contributed by atoms with Crippen molar-refractivity contribution in [3.05, 3.63) is 70.8 Å². The Hall–Kier alpha value is -2.75. The molecule has 0 bridgehead atoms. The fourth-order valence-electron chi connectivity index (χ4n) is 3.34. The van der Waals surface area contributed by atoms with Gasteiger partial charge in [0.25, 0.3) is 0 Å². The van der Waals surface area contributed by atoms with Crippen LogP contribution in [0.2, 0.25) is 0 Å². The highest BCUT2D eigenvalue weighted by Gasteiger charge is 2.13. The zero-order valence-corrected chi connectivity index (χ0v) is 19.2. The summed E-state index contributed by atoms with van der Waals surface area (Å²) in [5, 5.41) is 4.26. The van der Waals surface area contributed by atoms with Gasteiger partial charge in [-0.2, -0.15) is 0 Å². The molecule has 2 rings (SSSR count). The number of hydrogen-bond acceptors (Lipinski definition) is 4. The Morgan fingerprint density at radius 1 is 1.10 bits per heavy atom. The van der Waals surface area contributed by atoms with Crippen molar-refractivity contribution < 1.29 is 14.3 Å². The highest BCUT2D eigenvalue weighted by atomic mass is 16.6. The summed E-state index contributed by atoms with van der Waals surface area (Å²) >= 11 is 0. The first-order valence-electron chi connectivity index (χ1n) is 10.7. The van der Waals surface area contributed by atoms with Gasteiger partial charge in [0.05, 0.1) is 12.3 Å². The molecule has 30 heavy (non-hydrogen) atoms. The van der Waals surface area contributed by atoms with E-state index in [2.05, 4.69) is 57.1 Å². The maximum atomic E-state index is 6.14. The quantitative estimate of drug-likeness (QED) is 0.249. The number of allylic oxidation sites excluding steroid dienone is 1. The molecule has 0 heterocycles. The van der Waals surface area contributed by atoms with Gasteiger partial charge < -0.3 is 14.3 Å². The largest absolute Gasteiger partial charge is 0.493 e. The molecule has 0 saturated carbocycles. The molecule has 0 amide bonds. The predicted molar refractivity (Wildman–Crippen MR) is 125 cm³/mol. The third kappa shape index (κ3) is 6.65. The maximum Gasteiger partial charge on any atom is 0.125 e. The van der Waals surface area contributed by atoms with Gasteiger partial charge in [0.15, 0.2) is 0 Å². The molecule has 0 saturated heterocycles. The first-order chi connectivity index (χ1) is 14.5. The first-order valence-corrected chi connectivity index (χ1v) is 10.7. The fourth-order valence-corrected chi connectivity index (χ4v) is 3.34. The molecule has 0 spiro atoms. The fraction of sp³-hybridized carbons (Fsp3) is 0.423. The van der Waals surface area contributed by atoms with Crippen LogP contribution in [0, 0.1) is 19.8 Å². The molecular weight excluding hydrogens is 374 g/mol. The topological polar surface area (TPSA) is 40.0 Å². The number of benzene rings is 2. The van der Waals surface area contributed by atoms with Crippen LogP contribution in [0.15, 0.2) is 53.7 Å². The minimum absolute atomic E-state index is 0.343. The zero-order chi connectivity index (χ0) is 21.9. The minimum Gasteiger partial charge on any atom is -0.493 e. The van der Waals surface area contributed by atoms with E-state index in [1.165, 1.54) is 5.56 Å². The molecule has 1 unspecified atom stereocenters. The standard InChI is InChI=1S/C26H35NO3/c1-7-9-14-29-24-16-20(4)26(21(5)17-24)30-15-13-22-11-10-12-23(18-22)25(27-28-6)19(3)8-2/h7,9-12,16-19H,8,13-15H2,1-6H3/b9-7+,27-25+. The van der Waals surface area contributed by atoms with E-state index < -0.39 is 0 Å². The molecule has 162 valence electrons. The first kappa shape index (κ1) is 23.5. The minimum atomic E-state index is 0.343. The van der Waals surface area contributed by atoms with Gasteiger partial charge in [0.2, 0.25) is 0 Å². The molecule has 4 nitrogen and oxygen atoms in total. The Labute approximate surface area is 181 Å². The van der Waals surface area contributed by atoms with Crippen LogP contribution in [0.4, 0.5) is 0 Å². The number of nitrogens with zero attached hydrogens (tertiary/aromatic N) is 1. The van der Waals surface area contributed by atoms with Gasteiger partial charge in [-0.15, -0.1) is 0 Å².